The molecule has 0 amide bonds. The van der Waals surface area contributed by atoms with E-state index in [9.17, 15) is 0 Å². The summed E-state index contributed by atoms with van der Waals surface area (Å²) in [5.74, 6) is 0.298. The van der Waals surface area contributed by atoms with Crippen molar-refractivity contribution in [1.82, 2.24) is 10.9 Å². The van der Waals surface area contributed by atoms with Gasteiger partial charge in [0.1, 0.15) is 0 Å². The first-order valence-corrected chi connectivity index (χ1v) is 8.74. The molecular formula is C22H20N6. The van der Waals surface area contributed by atoms with E-state index < -0.39 is 0 Å². The molecule has 0 saturated heterocycles. The second-order valence-electron chi connectivity index (χ2n) is 5.67. The van der Waals surface area contributed by atoms with Gasteiger partial charge in [0.15, 0.2) is 0 Å². The minimum Gasteiger partial charge on any atom is -0.244 e. The first-order valence-electron chi connectivity index (χ1n) is 8.74. The Morgan fingerprint density at radius 2 is 0.929 bits per heavy atom. The molecule has 6 heteroatoms. The standard InChI is InChI=1S/C22H20N6/c1-4-10-19(11-5-1)16-23-26-22(27-24-17-20-12-6-2-7-13-20)28-25-18-21-14-8-3-9-15-21/h1-18H,(H2,26,27,28)/b23-16+,24-17?,25-18?. The zero-order chi connectivity index (χ0) is 19.3. The van der Waals surface area contributed by atoms with E-state index >= 15 is 0 Å². The summed E-state index contributed by atoms with van der Waals surface area (Å²) in [6.45, 7) is 0. The molecule has 0 heterocycles. The van der Waals surface area contributed by atoms with Crippen LogP contribution in [0.4, 0.5) is 0 Å². The molecule has 0 spiro atoms. The molecule has 0 aliphatic heterocycles. The molecule has 0 aromatic heterocycles. The molecule has 3 aromatic carbocycles. The lowest BCUT2D eigenvalue weighted by Gasteiger charge is -2.02. The van der Waals surface area contributed by atoms with Gasteiger partial charge in [0, 0.05) is 0 Å². The van der Waals surface area contributed by atoms with Crippen molar-refractivity contribution in [3.63, 3.8) is 0 Å². The fourth-order valence-corrected chi connectivity index (χ4v) is 2.18. The van der Waals surface area contributed by atoms with Crippen molar-refractivity contribution < 1.29 is 0 Å². The Labute approximate surface area is 164 Å². The van der Waals surface area contributed by atoms with Crippen molar-refractivity contribution in [2.75, 3.05) is 0 Å². The molecule has 3 rings (SSSR count). The number of guanidine groups is 1. The molecule has 0 aliphatic rings. The quantitative estimate of drug-likeness (QED) is 0.396. The molecule has 0 fully saturated rings. The Morgan fingerprint density at radius 3 is 1.36 bits per heavy atom. The SMILES string of the molecule is C(=NN=C(NN=Cc1ccccc1)N/N=C/c1ccccc1)c1ccccc1. The molecule has 138 valence electrons. The van der Waals surface area contributed by atoms with Gasteiger partial charge in [-0.2, -0.15) is 15.3 Å². The summed E-state index contributed by atoms with van der Waals surface area (Å²) in [6, 6.07) is 29.2. The van der Waals surface area contributed by atoms with Crippen LogP contribution in [0.25, 0.3) is 0 Å². The lowest BCUT2D eigenvalue weighted by Crippen LogP contribution is -2.30. The molecule has 28 heavy (non-hydrogen) atoms. The molecule has 0 atom stereocenters. The monoisotopic (exact) mass is 368 g/mol. The highest BCUT2D eigenvalue weighted by Gasteiger charge is 1.94. The number of hydrazone groups is 2. The number of hydrogen-bond donors (Lipinski definition) is 2. The van der Waals surface area contributed by atoms with Crippen LogP contribution in [0.15, 0.2) is 111 Å². The van der Waals surface area contributed by atoms with Gasteiger partial charge < -0.3 is 0 Å². The maximum Gasteiger partial charge on any atom is 0.257 e. The van der Waals surface area contributed by atoms with E-state index in [-0.39, 0.29) is 0 Å². The predicted octanol–water partition coefficient (Wildman–Crippen LogP) is 3.62. The second kappa shape index (κ2) is 10.8. The third-order valence-electron chi connectivity index (χ3n) is 3.53. The van der Waals surface area contributed by atoms with Gasteiger partial charge in [-0.25, -0.2) is 10.9 Å². The molecule has 0 aliphatic carbocycles. The van der Waals surface area contributed by atoms with Crippen LogP contribution in [0.5, 0.6) is 0 Å². The van der Waals surface area contributed by atoms with Crippen LogP contribution in [0, 0.1) is 0 Å². The number of nitrogens with zero attached hydrogens (tertiary/aromatic N) is 4. The van der Waals surface area contributed by atoms with Crippen LogP contribution in [-0.4, -0.2) is 24.6 Å². The van der Waals surface area contributed by atoms with Gasteiger partial charge in [-0.3, -0.25) is 0 Å². The van der Waals surface area contributed by atoms with E-state index in [0.717, 1.165) is 16.7 Å². The average molecular weight is 368 g/mol. The Morgan fingerprint density at radius 1 is 0.536 bits per heavy atom. The molecule has 3 aromatic rings. The minimum absolute atomic E-state index is 0.298. The summed E-state index contributed by atoms with van der Waals surface area (Å²) in [6.07, 6.45) is 5.04. The Hall–Kier alpha value is -4.06. The summed E-state index contributed by atoms with van der Waals surface area (Å²) >= 11 is 0. The van der Waals surface area contributed by atoms with Crippen LogP contribution >= 0.6 is 0 Å². The van der Waals surface area contributed by atoms with Gasteiger partial charge in [0.2, 0.25) is 0 Å². The highest BCUT2D eigenvalue weighted by molar-refractivity contribution is 5.86. The average Bonchev–Trinajstić information content (AvgIpc) is 2.76. The number of hydrogen-bond acceptors (Lipinski definition) is 4. The molecule has 0 saturated carbocycles. The maximum atomic E-state index is 4.18. The number of rotatable bonds is 6. The first kappa shape index (κ1) is 18.7. The van der Waals surface area contributed by atoms with Gasteiger partial charge in [-0.1, -0.05) is 91.0 Å². The van der Waals surface area contributed by atoms with Gasteiger partial charge in [0.05, 0.1) is 18.6 Å². The van der Waals surface area contributed by atoms with Gasteiger partial charge in [-0.15, -0.1) is 5.10 Å². The van der Waals surface area contributed by atoms with Crippen LogP contribution in [0.2, 0.25) is 0 Å². The van der Waals surface area contributed by atoms with Crippen LogP contribution in [0.1, 0.15) is 16.7 Å². The van der Waals surface area contributed by atoms with E-state index in [1.54, 1.807) is 18.6 Å². The van der Waals surface area contributed by atoms with Crippen molar-refractivity contribution in [1.29, 1.82) is 0 Å². The van der Waals surface area contributed by atoms with Crippen molar-refractivity contribution in [2.24, 2.45) is 20.4 Å². The summed E-state index contributed by atoms with van der Waals surface area (Å²) in [5.41, 5.74) is 8.53. The van der Waals surface area contributed by atoms with E-state index in [0.29, 0.717) is 5.96 Å². The van der Waals surface area contributed by atoms with E-state index in [1.165, 1.54) is 0 Å². The summed E-state index contributed by atoms with van der Waals surface area (Å²) < 4.78 is 0. The van der Waals surface area contributed by atoms with Gasteiger partial charge in [-0.05, 0) is 16.7 Å². The number of nitrogens with one attached hydrogen (secondary N) is 2. The smallest absolute Gasteiger partial charge is 0.244 e. The summed E-state index contributed by atoms with van der Waals surface area (Å²) in [5, 5.41) is 16.6. The minimum atomic E-state index is 0.298. The maximum absolute atomic E-state index is 4.18. The molecule has 0 bridgehead atoms. The highest BCUT2D eigenvalue weighted by atomic mass is 15.5. The largest absolute Gasteiger partial charge is 0.257 e. The topological polar surface area (TPSA) is 73.5 Å². The van der Waals surface area contributed by atoms with Crippen molar-refractivity contribution in [3.8, 4) is 0 Å². The van der Waals surface area contributed by atoms with Crippen molar-refractivity contribution in [2.45, 2.75) is 0 Å². The molecular weight excluding hydrogens is 348 g/mol. The fraction of sp³-hybridized carbons (Fsp3) is 0. The van der Waals surface area contributed by atoms with Crippen molar-refractivity contribution in [3.05, 3.63) is 108 Å². The first-order chi connectivity index (χ1) is 13.9. The summed E-state index contributed by atoms with van der Waals surface area (Å²) in [7, 11) is 0. The van der Waals surface area contributed by atoms with Gasteiger partial charge in [0.25, 0.3) is 5.96 Å². The van der Waals surface area contributed by atoms with Crippen LogP contribution < -0.4 is 10.9 Å². The van der Waals surface area contributed by atoms with Crippen molar-refractivity contribution >= 4 is 24.6 Å². The van der Waals surface area contributed by atoms with E-state index in [4.69, 9.17) is 0 Å². The lowest BCUT2D eigenvalue weighted by molar-refractivity contribution is 0.890. The van der Waals surface area contributed by atoms with E-state index in [1.807, 2.05) is 91.0 Å². The van der Waals surface area contributed by atoms with Crippen LogP contribution in [-0.2, 0) is 0 Å². The fourth-order valence-electron chi connectivity index (χ4n) is 2.18. The normalized spacial score (nSPS) is 12.1. The van der Waals surface area contributed by atoms with Crippen LogP contribution in [0.3, 0.4) is 0 Å². The van der Waals surface area contributed by atoms with Gasteiger partial charge >= 0.3 is 0 Å². The molecule has 2 N–H and O–H groups in total. The Kier molecular flexibility index (Phi) is 7.24. The summed E-state index contributed by atoms with van der Waals surface area (Å²) in [4.78, 5) is 0. The molecule has 0 unspecified atom stereocenters. The third kappa shape index (κ3) is 6.68. The second-order valence-corrected chi connectivity index (χ2v) is 5.67. The Balaban J connectivity index is 1.67. The molecule has 6 nitrogen and oxygen atoms in total. The lowest BCUT2D eigenvalue weighted by atomic mass is 10.2. The zero-order valence-corrected chi connectivity index (χ0v) is 15.2. The predicted molar refractivity (Wildman–Crippen MR) is 116 cm³/mol. The highest BCUT2D eigenvalue weighted by Crippen LogP contribution is 1.95. The zero-order valence-electron chi connectivity index (χ0n) is 15.2. The van der Waals surface area contributed by atoms with E-state index in [2.05, 4.69) is 31.3 Å². The number of benzene rings is 3. The molecule has 0 radical (unpaired) electrons. The Bertz CT molecular complexity index is 895. The third-order valence-corrected chi connectivity index (χ3v) is 3.53.